The molecule has 10 heavy (non-hydrogen) atoms. The summed E-state index contributed by atoms with van der Waals surface area (Å²) in [5.41, 5.74) is 4.68. The number of nitrogens with zero attached hydrogens (tertiary/aromatic N) is 1. The van der Waals surface area contributed by atoms with Crippen LogP contribution < -0.4 is 5.43 Å². The molecule has 0 aliphatic carbocycles. The molecule has 0 saturated carbocycles. The molecule has 0 spiro atoms. The molecule has 0 amide bonds. The van der Waals surface area contributed by atoms with Crippen molar-refractivity contribution in [2.24, 2.45) is 5.41 Å². The van der Waals surface area contributed by atoms with Gasteiger partial charge in [-0.2, -0.15) is 0 Å². The van der Waals surface area contributed by atoms with Gasteiger partial charge in [0.25, 0.3) is 0 Å². The highest BCUT2D eigenvalue weighted by atomic mass is 15.5. The van der Waals surface area contributed by atoms with Gasteiger partial charge < -0.3 is 5.01 Å². The first-order valence-corrected chi connectivity index (χ1v) is 3.71. The lowest BCUT2D eigenvalue weighted by atomic mass is 9.85. The molecule has 2 heteroatoms. The highest BCUT2D eigenvalue weighted by molar-refractivity contribution is 5.06. The van der Waals surface area contributed by atoms with Crippen molar-refractivity contribution in [2.45, 2.75) is 20.3 Å². The third-order valence-electron chi connectivity index (χ3n) is 2.29. The van der Waals surface area contributed by atoms with Crippen molar-refractivity contribution in [2.75, 3.05) is 13.6 Å². The monoisotopic (exact) mass is 140 g/mol. The molecule has 1 aliphatic heterocycles. The zero-order chi connectivity index (χ0) is 7.78. The van der Waals surface area contributed by atoms with Crippen molar-refractivity contribution in [3.8, 4) is 0 Å². The van der Waals surface area contributed by atoms with E-state index >= 15 is 0 Å². The van der Waals surface area contributed by atoms with E-state index in [-0.39, 0.29) is 5.41 Å². The van der Waals surface area contributed by atoms with Crippen molar-refractivity contribution >= 4 is 0 Å². The summed E-state index contributed by atoms with van der Waals surface area (Å²) in [6.45, 7) is 9.53. The average molecular weight is 140 g/mol. The third kappa shape index (κ3) is 1.16. The molecule has 58 valence electrons. The van der Waals surface area contributed by atoms with Gasteiger partial charge in [-0.1, -0.05) is 20.4 Å². The number of nitrogens with one attached hydrogen (secondary N) is 1. The lowest BCUT2D eigenvalue weighted by Gasteiger charge is -2.39. The fourth-order valence-corrected chi connectivity index (χ4v) is 1.23. The fourth-order valence-electron chi connectivity index (χ4n) is 1.23. The van der Waals surface area contributed by atoms with Crippen molar-refractivity contribution in [3.05, 3.63) is 12.3 Å². The van der Waals surface area contributed by atoms with Gasteiger partial charge in [0.15, 0.2) is 0 Å². The Morgan fingerprint density at radius 1 is 1.60 bits per heavy atom. The molecule has 1 heterocycles. The molecule has 0 aromatic rings. The SMILES string of the molecule is C=C1N(C)NCCC1(C)C. The molecule has 0 aromatic carbocycles. The summed E-state index contributed by atoms with van der Waals surface area (Å²) in [5.74, 6) is 0. The molecule has 1 saturated heterocycles. The van der Waals surface area contributed by atoms with Crippen LogP contribution in [0.4, 0.5) is 0 Å². The second-order valence-corrected chi connectivity index (χ2v) is 3.55. The molecule has 2 nitrogen and oxygen atoms in total. The topological polar surface area (TPSA) is 15.3 Å². The van der Waals surface area contributed by atoms with Gasteiger partial charge in [0.05, 0.1) is 0 Å². The van der Waals surface area contributed by atoms with Crippen LogP contribution in [0.15, 0.2) is 12.3 Å². The van der Waals surface area contributed by atoms with Gasteiger partial charge >= 0.3 is 0 Å². The van der Waals surface area contributed by atoms with Crippen LogP contribution in [0.25, 0.3) is 0 Å². The predicted octanol–water partition coefficient (Wildman–Crippen LogP) is 1.37. The predicted molar refractivity (Wildman–Crippen MR) is 43.3 cm³/mol. The minimum Gasteiger partial charge on any atom is -0.316 e. The Balaban J connectivity index is 2.70. The Kier molecular flexibility index (Phi) is 1.73. The van der Waals surface area contributed by atoms with E-state index < -0.39 is 0 Å². The third-order valence-corrected chi connectivity index (χ3v) is 2.29. The minimum absolute atomic E-state index is 0.278. The standard InChI is InChI=1S/C8H16N2/c1-7-8(2,3)5-6-9-10(7)4/h9H,1,5-6H2,2-4H3. The van der Waals surface area contributed by atoms with E-state index in [0.717, 1.165) is 6.54 Å². The smallest absolute Gasteiger partial charge is 0.0275 e. The first-order valence-electron chi connectivity index (χ1n) is 3.71. The maximum atomic E-state index is 4.01. The molecule has 0 unspecified atom stereocenters. The lowest BCUT2D eigenvalue weighted by Crippen LogP contribution is -2.45. The Morgan fingerprint density at radius 2 is 2.20 bits per heavy atom. The summed E-state index contributed by atoms with van der Waals surface area (Å²) in [7, 11) is 2.02. The van der Waals surface area contributed by atoms with E-state index in [0.29, 0.717) is 0 Å². The molecule has 1 rings (SSSR count). The van der Waals surface area contributed by atoms with Crippen molar-refractivity contribution in [1.82, 2.24) is 10.4 Å². The van der Waals surface area contributed by atoms with Crippen molar-refractivity contribution in [3.63, 3.8) is 0 Å². The summed E-state index contributed by atoms with van der Waals surface area (Å²) in [5, 5.41) is 2.02. The second-order valence-electron chi connectivity index (χ2n) is 3.55. The molecule has 1 fully saturated rings. The van der Waals surface area contributed by atoms with Gasteiger partial charge in [0, 0.05) is 24.7 Å². The van der Waals surface area contributed by atoms with E-state index in [2.05, 4.69) is 25.9 Å². The number of hydrogen-bond acceptors (Lipinski definition) is 2. The zero-order valence-electron chi connectivity index (χ0n) is 7.07. The number of hydrogen-bond donors (Lipinski definition) is 1. The highest BCUT2D eigenvalue weighted by Gasteiger charge is 2.27. The van der Waals surface area contributed by atoms with E-state index in [9.17, 15) is 0 Å². The molecule has 1 aliphatic rings. The summed E-state index contributed by atoms with van der Waals surface area (Å²) in [6, 6.07) is 0. The van der Waals surface area contributed by atoms with Gasteiger partial charge in [0.2, 0.25) is 0 Å². The van der Waals surface area contributed by atoms with Crippen LogP contribution in [-0.4, -0.2) is 18.6 Å². The van der Waals surface area contributed by atoms with E-state index in [1.807, 2.05) is 12.1 Å². The second kappa shape index (κ2) is 2.27. The van der Waals surface area contributed by atoms with Gasteiger partial charge in [-0.05, 0) is 6.42 Å². The lowest BCUT2D eigenvalue weighted by molar-refractivity contribution is 0.161. The van der Waals surface area contributed by atoms with Gasteiger partial charge in [-0.15, -0.1) is 0 Å². The Hall–Kier alpha value is -0.500. The Bertz CT molecular complexity index is 149. The van der Waals surface area contributed by atoms with Crippen molar-refractivity contribution < 1.29 is 0 Å². The molecule has 0 aromatic heterocycles. The van der Waals surface area contributed by atoms with E-state index in [1.54, 1.807) is 0 Å². The quantitative estimate of drug-likeness (QED) is 0.546. The summed E-state index contributed by atoms with van der Waals surface area (Å²) < 4.78 is 0. The Labute approximate surface area is 62.9 Å². The van der Waals surface area contributed by atoms with Crippen LogP contribution in [0.2, 0.25) is 0 Å². The van der Waals surface area contributed by atoms with Gasteiger partial charge in [-0.3, -0.25) is 0 Å². The fraction of sp³-hybridized carbons (Fsp3) is 0.750. The Morgan fingerprint density at radius 3 is 2.60 bits per heavy atom. The number of hydrazine groups is 1. The van der Waals surface area contributed by atoms with E-state index in [1.165, 1.54) is 12.1 Å². The largest absolute Gasteiger partial charge is 0.316 e. The van der Waals surface area contributed by atoms with Crippen LogP contribution in [0.3, 0.4) is 0 Å². The molecule has 0 radical (unpaired) electrons. The normalized spacial score (nSPS) is 25.1. The summed E-state index contributed by atoms with van der Waals surface area (Å²) in [4.78, 5) is 0. The van der Waals surface area contributed by atoms with Crippen LogP contribution >= 0.6 is 0 Å². The number of allylic oxidation sites excluding steroid dienone is 1. The first kappa shape index (κ1) is 7.61. The molecular formula is C8H16N2. The maximum absolute atomic E-state index is 4.01. The van der Waals surface area contributed by atoms with Gasteiger partial charge in [0.1, 0.15) is 0 Å². The molecule has 0 bridgehead atoms. The summed E-state index contributed by atoms with van der Waals surface area (Å²) >= 11 is 0. The molecular weight excluding hydrogens is 124 g/mol. The van der Waals surface area contributed by atoms with Crippen molar-refractivity contribution in [1.29, 1.82) is 0 Å². The molecule has 0 atom stereocenters. The van der Waals surface area contributed by atoms with Gasteiger partial charge in [-0.25, -0.2) is 5.43 Å². The zero-order valence-corrected chi connectivity index (χ0v) is 7.07. The van der Waals surface area contributed by atoms with Crippen LogP contribution in [0, 0.1) is 5.41 Å². The first-order chi connectivity index (χ1) is 4.54. The highest BCUT2D eigenvalue weighted by Crippen LogP contribution is 2.32. The average Bonchev–Trinajstić information content (AvgIpc) is 1.83. The van der Waals surface area contributed by atoms with E-state index in [4.69, 9.17) is 0 Å². The maximum Gasteiger partial charge on any atom is 0.0275 e. The molecule has 1 N–H and O–H groups in total. The summed E-state index contributed by atoms with van der Waals surface area (Å²) in [6.07, 6.45) is 1.18. The van der Waals surface area contributed by atoms with Crippen LogP contribution in [0.1, 0.15) is 20.3 Å². The minimum atomic E-state index is 0.278. The van der Waals surface area contributed by atoms with Crippen LogP contribution in [0.5, 0.6) is 0 Å². The van der Waals surface area contributed by atoms with Crippen LogP contribution in [-0.2, 0) is 0 Å². The number of rotatable bonds is 0.